The van der Waals surface area contributed by atoms with Crippen LogP contribution in [-0.2, 0) is 0 Å². The van der Waals surface area contributed by atoms with Crippen molar-refractivity contribution in [3.8, 4) is 0 Å². The van der Waals surface area contributed by atoms with E-state index in [-0.39, 0.29) is 0 Å². The van der Waals surface area contributed by atoms with Crippen LogP contribution in [0.1, 0.15) is 32.1 Å². The lowest BCUT2D eigenvalue weighted by atomic mass is 9.73. The van der Waals surface area contributed by atoms with Crippen molar-refractivity contribution in [3.05, 3.63) is 12.7 Å². The molecule has 0 radical (unpaired) electrons. The van der Waals surface area contributed by atoms with Crippen molar-refractivity contribution < 1.29 is 5.11 Å². The van der Waals surface area contributed by atoms with Gasteiger partial charge < -0.3 is 5.11 Å². The third-order valence-corrected chi connectivity index (χ3v) is 4.89. The van der Waals surface area contributed by atoms with Gasteiger partial charge in [-0.05, 0) is 49.4 Å². The third-order valence-electron chi connectivity index (χ3n) is 4.89. The lowest BCUT2D eigenvalue weighted by Gasteiger charge is -2.36. The van der Waals surface area contributed by atoms with Crippen LogP contribution in [0.15, 0.2) is 12.7 Å². The van der Waals surface area contributed by atoms with E-state index in [1.54, 1.807) is 0 Å². The largest absolute Gasteiger partial charge is 0.385 e. The van der Waals surface area contributed by atoms with Gasteiger partial charge in [-0.3, -0.25) is 0 Å². The number of hydrogen-bond acceptors (Lipinski definition) is 1. The van der Waals surface area contributed by atoms with Gasteiger partial charge in [-0.2, -0.15) is 0 Å². The molecule has 3 fully saturated rings. The van der Waals surface area contributed by atoms with Crippen molar-refractivity contribution >= 4 is 0 Å². The van der Waals surface area contributed by atoms with Crippen LogP contribution in [0.2, 0.25) is 0 Å². The SMILES string of the molecule is C=CC1(O)CC2CC1C1CCCC21. The Kier molecular flexibility index (Phi) is 1.48. The quantitative estimate of drug-likeness (QED) is 0.611. The standard InChI is InChI=1S/C12H18O/c1-2-12(13)7-8-6-11(12)10-5-3-4-9(8)10/h2,8-11,13H,1,3-7H2. The normalized spacial score (nSPS) is 58.2. The van der Waals surface area contributed by atoms with E-state index in [2.05, 4.69) is 6.58 Å². The molecule has 0 spiro atoms. The first-order chi connectivity index (χ1) is 6.24. The Morgan fingerprint density at radius 3 is 2.85 bits per heavy atom. The Balaban J connectivity index is 1.93. The maximum atomic E-state index is 10.3. The van der Waals surface area contributed by atoms with E-state index in [4.69, 9.17) is 0 Å². The highest BCUT2D eigenvalue weighted by molar-refractivity contribution is 5.15. The molecule has 0 aromatic heterocycles. The van der Waals surface area contributed by atoms with Gasteiger partial charge in [0.1, 0.15) is 0 Å². The third kappa shape index (κ3) is 0.864. The Morgan fingerprint density at radius 2 is 2.08 bits per heavy atom. The summed E-state index contributed by atoms with van der Waals surface area (Å²) in [6.45, 7) is 3.80. The highest BCUT2D eigenvalue weighted by Crippen LogP contribution is 2.62. The summed E-state index contributed by atoms with van der Waals surface area (Å²) < 4.78 is 0. The van der Waals surface area contributed by atoms with E-state index in [1.165, 1.54) is 25.7 Å². The summed E-state index contributed by atoms with van der Waals surface area (Å²) >= 11 is 0. The summed E-state index contributed by atoms with van der Waals surface area (Å²) in [5.74, 6) is 3.18. The van der Waals surface area contributed by atoms with Gasteiger partial charge in [0, 0.05) is 0 Å². The van der Waals surface area contributed by atoms with Gasteiger partial charge in [0.05, 0.1) is 5.60 Å². The summed E-state index contributed by atoms with van der Waals surface area (Å²) in [6, 6.07) is 0. The van der Waals surface area contributed by atoms with E-state index < -0.39 is 5.60 Å². The average molecular weight is 178 g/mol. The van der Waals surface area contributed by atoms with Gasteiger partial charge in [0.25, 0.3) is 0 Å². The summed E-state index contributed by atoms with van der Waals surface area (Å²) in [5, 5.41) is 10.3. The van der Waals surface area contributed by atoms with E-state index in [0.29, 0.717) is 5.92 Å². The van der Waals surface area contributed by atoms with Gasteiger partial charge in [-0.25, -0.2) is 0 Å². The maximum absolute atomic E-state index is 10.3. The van der Waals surface area contributed by atoms with Crippen molar-refractivity contribution in [2.75, 3.05) is 0 Å². The second kappa shape index (κ2) is 2.38. The molecule has 72 valence electrons. The predicted molar refractivity (Wildman–Crippen MR) is 52.2 cm³/mol. The fourth-order valence-corrected chi connectivity index (χ4v) is 4.39. The second-order valence-electron chi connectivity index (χ2n) is 5.26. The Morgan fingerprint density at radius 1 is 1.31 bits per heavy atom. The lowest BCUT2D eigenvalue weighted by Crippen LogP contribution is -2.39. The van der Waals surface area contributed by atoms with E-state index in [9.17, 15) is 5.11 Å². The molecule has 5 atom stereocenters. The zero-order valence-electron chi connectivity index (χ0n) is 8.08. The Hall–Kier alpha value is -0.300. The van der Waals surface area contributed by atoms with Crippen LogP contribution in [0.25, 0.3) is 0 Å². The first-order valence-corrected chi connectivity index (χ1v) is 5.60. The van der Waals surface area contributed by atoms with Crippen molar-refractivity contribution in [1.82, 2.24) is 0 Å². The molecule has 1 heteroatoms. The van der Waals surface area contributed by atoms with Crippen molar-refractivity contribution in [2.24, 2.45) is 23.7 Å². The topological polar surface area (TPSA) is 20.2 Å². The van der Waals surface area contributed by atoms with Gasteiger partial charge in [-0.1, -0.05) is 12.5 Å². The molecule has 3 aliphatic carbocycles. The van der Waals surface area contributed by atoms with Crippen LogP contribution in [0.4, 0.5) is 0 Å². The molecule has 3 saturated carbocycles. The molecular formula is C12H18O. The minimum absolute atomic E-state index is 0.490. The molecule has 2 bridgehead atoms. The van der Waals surface area contributed by atoms with Crippen molar-refractivity contribution in [3.63, 3.8) is 0 Å². The van der Waals surface area contributed by atoms with Gasteiger partial charge in [0.15, 0.2) is 0 Å². The smallest absolute Gasteiger partial charge is 0.0858 e. The summed E-state index contributed by atoms with van der Waals surface area (Å²) in [6.07, 6.45) is 8.28. The van der Waals surface area contributed by atoms with Crippen LogP contribution >= 0.6 is 0 Å². The number of aliphatic hydroxyl groups is 1. The highest BCUT2D eigenvalue weighted by atomic mass is 16.3. The zero-order chi connectivity index (χ0) is 9.05. The molecule has 0 aliphatic heterocycles. The van der Waals surface area contributed by atoms with E-state index >= 15 is 0 Å². The maximum Gasteiger partial charge on any atom is 0.0858 e. The summed E-state index contributed by atoms with van der Waals surface area (Å²) in [4.78, 5) is 0. The molecule has 5 unspecified atom stereocenters. The first-order valence-electron chi connectivity index (χ1n) is 5.60. The minimum atomic E-state index is -0.490. The van der Waals surface area contributed by atoms with Crippen LogP contribution in [0, 0.1) is 23.7 Å². The van der Waals surface area contributed by atoms with Crippen molar-refractivity contribution in [2.45, 2.75) is 37.7 Å². The molecule has 13 heavy (non-hydrogen) atoms. The van der Waals surface area contributed by atoms with Crippen LogP contribution in [0.5, 0.6) is 0 Å². The molecule has 3 rings (SSSR count). The first kappa shape index (κ1) is 8.05. The number of rotatable bonds is 1. The summed E-state index contributed by atoms with van der Waals surface area (Å²) in [5.41, 5.74) is -0.490. The Labute approximate surface area is 79.8 Å². The predicted octanol–water partition coefficient (Wildman–Crippen LogP) is 2.36. The van der Waals surface area contributed by atoms with E-state index in [1.807, 2.05) is 6.08 Å². The van der Waals surface area contributed by atoms with Gasteiger partial charge in [0.2, 0.25) is 0 Å². The fraction of sp³-hybridized carbons (Fsp3) is 0.833. The number of hydrogen-bond donors (Lipinski definition) is 1. The fourth-order valence-electron chi connectivity index (χ4n) is 4.39. The Bertz CT molecular complexity index is 248. The van der Waals surface area contributed by atoms with Crippen LogP contribution < -0.4 is 0 Å². The monoisotopic (exact) mass is 178 g/mol. The molecule has 0 aromatic rings. The molecule has 3 aliphatic rings. The zero-order valence-corrected chi connectivity index (χ0v) is 8.08. The van der Waals surface area contributed by atoms with E-state index in [0.717, 1.165) is 24.2 Å². The van der Waals surface area contributed by atoms with Gasteiger partial charge in [-0.15, -0.1) is 6.58 Å². The molecule has 1 nitrogen and oxygen atoms in total. The summed E-state index contributed by atoms with van der Waals surface area (Å²) in [7, 11) is 0. The molecule has 0 saturated heterocycles. The highest BCUT2D eigenvalue weighted by Gasteiger charge is 2.59. The molecule has 0 heterocycles. The molecular weight excluding hydrogens is 160 g/mol. The average Bonchev–Trinajstić information content (AvgIpc) is 2.72. The number of fused-ring (bicyclic) bond motifs is 5. The second-order valence-corrected chi connectivity index (χ2v) is 5.26. The lowest BCUT2D eigenvalue weighted by molar-refractivity contribution is -0.00398. The van der Waals surface area contributed by atoms with Crippen molar-refractivity contribution in [1.29, 1.82) is 0 Å². The molecule has 0 amide bonds. The molecule has 0 aromatic carbocycles. The van der Waals surface area contributed by atoms with Gasteiger partial charge >= 0.3 is 0 Å². The van der Waals surface area contributed by atoms with Crippen LogP contribution in [-0.4, -0.2) is 10.7 Å². The molecule has 1 N–H and O–H groups in total. The minimum Gasteiger partial charge on any atom is -0.385 e. The van der Waals surface area contributed by atoms with Crippen LogP contribution in [0.3, 0.4) is 0 Å².